The van der Waals surface area contributed by atoms with Gasteiger partial charge >= 0.3 is 6.09 Å². The first-order chi connectivity index (χ1) is 13.5. The minimum atomic E-state index is -1.22. The van der Waals surface area contributed by atoms with Crippen LogP contribution in [0.25, 0.3) is 0 Å². The molecule has 1 aromatic rings. The quantitative estimate of drug-likeness (QED) is 0.664. The topological polar surface area (TPSA) is 120 Å². The zero-order chi connectivity index (χ0) is 21.7. The average molecular weight is 405 g/mol. The summed E-state index contributed by atoms with van der Waals surface area (Å²) in [5.74, 6) is -1.11. The van der Waals surface area contributed by atoms with E-state index in [1.165, 1.54) is 0 Å². The SMILES string of the molecule is Cc1ccc(CC(NC(=O)C2(NC(=O)OC(C)(C)C)CCOCC2)C(N)=O)cc1. The number of primary amides is 1. The fourth-order valence-electron chi connectivity index (χ4n) is 3.11. The second-order valence-electron chi connectivity index (χ2n) is 8.44. The summed E-state index contributed by atoms with van der Waals surface area (Å²) in [7, 11) is 0. The van der Waals surface area contributed by atoms with Gasteiger partial charge in [0.15, 0.2) is 0 Å². The molecule has 1 aliphatic rings. The average Bonchev–Trinajstić information content (AvgIpc) is 2.61. The zero-order valence-corrected chi connectivity index (χ0v) is 17.5. The minimum Gasteiger partial charge on any atom is -0.444 e. The lowest BCUT2D eigenvalue weighted by atomic mass is 9.88. The summed E-state index contributed by atoms with van der Waals surface area (Å²) in [5, 5.41) is 5.42. The molecule has 0 aromatic heterocycles. The van der Waals surface area contributed by atoms with Gasteiger partial charge in [-0.15, -0.1) is 0 Å². The van der Waals surface area contributed by atoms with Crippen LogP contribution >= 0.6 is 0 Å². The van der Waals surface area contributed by atoms with E-state index in [4.69, 9.17) is 15.2 Å². The van der Waals surface area contributed by atoms with Crippen molar-refractivity contribution in [2.75, 3.05) is 13.2 Å². The molecule has 4 N–H and O–H groups in total. The van der Waals surface area contributed by atoms with Crippen LogP contribution in [0.15, 0.2) is 24.3 Å². The number of alkyl carbamates (subject to hydrolysis) is 1. The summed E-state index contributed by atoms with van der Waals surface area (Å²) in [6.07, 6.45) is 0.117. The first kappa shape index (κ1) is 22.7. The number of rotatable bonds is 6. The lowest BCUT2D eigenvalue weighted by Crippen LogP contribution is -2.64. The molecule has 1 fully saturated rings. The van der Waals surface area contributed by atoms with Gasteiger partial charge in [0.05, 0.1) is 0 Å². The molecule has 1 saturated heterocycles. The third kappa shape index (κ3) is 6.74. The van der Waals surface area contributed by atoms with E-state index < -0.39 is 35.1 Å². The molecule has 1 heterocycles. The van der Waals surface area contributed by atoms with E-state index >= 15 is 0 Å². The molecule has 0 saturated carbocycles. The van der Waals surface area contributed by atoms with Gasteiger partial charge in [-0.3, -0.25) is 9.59 Å². The highest BCUT2D eigenvalue weighted by atomic mass is 16.6. The second-order valence-corrected chi connectivity index (χ2v) is 8.44. The summed E-state index contributed by atoms with van der Waals surface area (Å²) >= 11 is 0. The van der Waals surface area contributed by atoms with Crippen molar-refractivity contribution < 1.29 is 23.9 Å². The van der Waals surface area contributed by atoms with Crippen LogP contribution in [0.4, 0.5) is 4.79 Å². The van der Waals surface area contributed by atoms with E-state index in [1.54, 1.807) is 20.8 Å². The summed E-state index contributed by atoms with van der Waals surface area (Å²) in [5.41, 5.74) is 5.58. The van der Waals surface area contributed by atoms with Crippen molar-refractivity contribution in [1.82, 2.24) is 10.6 Å². The molecule has 160 valence electrons. The molecule has 0 bridgehead atoms. The lowest BCUT2D eigenvalue weighted by Gasteiger charge is -2.37. The van der Waals surface area contributed by atoms with Crippen LogP contribution in [0.3, 0.4) is 0 Å². The Morgan fingerprint density at radius 2 is 1.76 bits per heavy atom. The maximum Gasteiger partial charge on any atom is 0.408 e. The van der Waals surface area contributed by atoms with E-state index in [1.807, 2.05) is 31.2 Å². The van der Waals surface area contributed by atoms with E-state index in [0.717, 1.165) is 11.1 Å². The van der Waals surface area contributed by atoms with E-state index in [-0.39, 0.29) is 19.3 Å². The Balaban J connectivity index is 2.14. The molecule has 0 radical (unpaired) electrons. The van der Waals surface area contributed by atoms with Crippen LogP contribution in [-0.2, 0) is 25.5 Å². The molecule has 3 amide bonds. The molecule has 8 heteroatoms. The summed E-state index contributed by atoms with van der Waals surface area (Å²) < 4.78 is 10.7. The third-order valence-corrected chi connectivity index (χ3v) is 4.73. The van der Waals surface area contributed by atoms with Gasteiger partial charge < -0.3 is 25.8 Å². The second kappa shape index (κ2) is 9.26. The largest absolute Gasteiger partial charge is 0.444 e. The molecule has 1 atom stereocenters. The Hall–Kier alpha value is -2.61. The fourth-order valence-corrected chi connectivity index (χ4v) is 3.11. The van der Waals surface area contributed by atoms with Gasteiger partial charge in [0.2, 0.25) is 11.8 Å². The molecule has 0 aliphatic carbocycles. The standard InChI is InChI=1S/C21H31N3O5/c1-14-5-7-15(8-6-14)13-16(17(22)25)23-18(26)21(9-11-28-12-10-21)24-19(27)29-20(2,3)4/h5-8,16H,9-13H2,1-4H3,(H2,22,25)(H,23,26)(H,24,27). The van der Waals surface area contributed by atoms with Crippen LogP contribution in [0, 0.1) is 6.92 Å². The Labute approximate surface area is 171 Å². The predicted octanol–water partition coefficient (Wildman–Crippen LogP) is 1.58. The monoisotopic (exact) mass is 405 g/mol. The Morgan fingerprint density at radius 3 is 2.28 bits per heavy atom. The fraction of sp³-hybridized carbons (Fsp3) is 0.571. The van der Waals surface area contributed by atoms with Crippen molar-refractivity contribution in [2.24, 2.45) is 5.73 Å². The van der Waals surface area contributed by atoms with Crippen molar-refractivity contribution in [1.29, 1.82) is 0 Å². The van der Waals surface area contributed by atoms with Gasteiger partial charge in [-0.05, 0) is 33.3 Å². The molecular weight excluding hydrogens is 374 g/mol. The molecule has 1 unspecified atom stereocenters. The number of ether oxygens (including phenoxy) is 2. The van der Waals surface area contributed by atoms with Crippen LogP contribution in [0.1, 0.15) is 44.7 Å². The number of carbonyl (C=O) groups excluding carboxylic acids is 3. The third-order valence-electron chi connectivity index (χ3n) is 4.73. The van der Waals surface area contributed by atoms with Crippen molar-refractivity contribution >= 4 is 17.9 Å². The summed E-state index contributed by atoms with van der Waals surface area (Å²) in [4.78, 5) is 37.4. The minimum absolute atomic E-state index is 0.264. The molecular formula is C21H31N3O5. The van der Waals surface area contributed by atoms with Gasteiger partial charge in [0.1, 0.15) is 17.2 Å². The van der Waals surface area contributed by atoms with E-state index in [2.05, 4.69) is 10.6 Å². The predicted molar refractivity (Wildman–Crippen MR) is 108 cm³/mol. The number of nitrogens with one attached hydrogen (secondary N) is 2. The number of aryl methyl sites for hydroxylation is 1. The highest BCUT2D eigenvalue weighted by Gasteiger charge is 2.43. The molecule has 29 heavy (non-hydrogen) atoms. The number of benzene rings is 1. The summed E-state index contributed by atoms with van der Waals surface area (Å²) in [6.45, 7) is 7.81. The first-order valence-corrected chi connectivity index (χ1v) is 9.75. The molecule has 1 aliphatic heterocycles. The van der Waals surface area contributed by atoms with E-state index in [0.29, 0.717) is 13.2 Å². The maximum atomic E-state index is 13.1. The number of carbonyl (C=O) groups is 3. The molecule has 0 spiro atoms. The van der Waals surface area contributed by atoms with Crippen molar-refractivity contribution in [3.8, 4) is 0 Å². The smallest absolute Gasteiger partial charge is 0.408 e. The van der Waals surface area contributed by atoms with Crippen molar-refractivity contribution in [2.45, 2.75) is 64.1 Å². The van der Waals surface area contributed by atoms with Crippen molar-refractivity contribution in [3.63, 3.8) is 0 Å². The molecule has 2 rings (SSSR count). The van der Waals surface area contributed by atoms with Gasteiger partial charge in [-0.2, -0.15) is 0 Å². The Morgan fingerprint density at radius 1 is 1.17 bits per heavy atom. The van der Waals surface area contributed by atoms with Gasteiger partial charge in [0.25, 0.3) is 0 Å². The van der Waals surface area contributed by atoms with Crippen LogP contribution in [0.2, 0.25) is 0 Å². The highest BCUT2D eigenvalue weighted by molar-refractivity contribution is 5.94. The van der Waals surface area contributed by atoms with Crippen LogP contribution < -0.4 is 16.4 Å². The zero-order valence-electron chi connectivity index (χ0n) is 17.5. The normalized spacial score (nSPS) is 17.1. The van der Waals surface area contributed by atoms with Gasteiger partial charge in [-0.1, -0.05) is 29.8 Å². The molecule has 1 aromatic carbocycles. The van der Waals surface area contributed by atoms with Crippen LogP contribution in [-0.4, -0.2) is 48.3 Å². The number of hydrogen-bond donors (Lipinski definition) is 3. The van der Waals surface area contributed by atoms with Crippen molar-refractivity contribution in [3.05, 3.63) is 35.4 Å². The highest BCUT2D eigenvalue weighted by Crippen LogP contribution is 2.23. The van der Waals surface area contributed by atoms with Crippen LogP contribution in [0.5, 0.6) is 0 Å². The lowest BCUT2D eigenvalue weighted by molar-refractivity contribution is -0.135. The summed E-state index contributed by atoms with van der Waals surface area (Å²) in [6, 6.07) is 6.74. The Bertz CT molecular complexity index is 734. The first-order valence-electron chi connectivity index (χ1n) is 9.75. The maximum absolute atomic E-state index is 13.1. The number of amides is 3. The number of hydrogen-bond acceptors (Lipinski definition) is 5. The molecule has 8 nitrogen and oxygen atoms in total. The van der Waals surface area contributed by atoms with Gasteiger partial charge in [0, 0.05) is 32.5 Å². The number of nitrogens with two attached hydrogens (primary N) is 1. The van der Waals surface area contributed by atoms with E-state index in [9.17, 15) is 14.4 Å². The van der Waals surface area contributed by atoms with Gasteiger partial charge in [-0.25, -0.2) is 4.79 Å². The Kier molecular flexibility index (Phi) is 7.24.